The Morgan fingerprint density at radius 2 is 1.85 bits per heavy atom. The van der Waals surface area contributed by atoms with Gasteiger partial charge in [-0.3, -0.25) is 14.2 Å². The van der Waals surface area contributed by atoms with Crippen molar-refractivity contribution in [3.05, 3.63) is 101 Å². The van der Waals surface area contributed by atoms with E-state index in [2.05, 4.69) is 4.99 Å². The highest BCUT2D eigenvalue weighted by molar-refractivity contribution is 7.07. The predicted octanol–water partition coefficient (Wildman–Crippen LogP) is 4.91. The third-order valence-corrected chi connectivity index (χ3v) is 7.83. The third kappa shape index (κ3) is 5.46. The summed E-state index contributed by atoms with van der Waals surface area (Å²) >= 11 is 13.6. The van der Waals surface area contributed by atoms with E-state index in [0.717, 1.165) is 11.3 Å². The Balaban J connectivity index is 1.65. The Hall–Kier alpha value is -4.12. The molecule has 9 nitrogen and oxygen atoms in total. The van der Waals surface area contributed by atoms with Crippen LogP contribution in [-0.4, -0.2) is 30.7 Å². The van der Waals surface area contributed by atoms with Crippen LogP contribution in [0.4, 0.5) is 0 Å². The molecule has 0 radical (unpaired) electrons. The van der Waals surface area contributed by atoms with Gasteiger partial charge < -0.3 is 18.6 Å². The van der Waals surface area contributed by atoms with Gasteiger partial charge in [0.2, 0.25) is 0 Å². The number of rotatable bonds is 6. The highest BCUT2D eigenvalue weighted by Gasteiger charge is 2.33. The Kier molecular flexibility index (Phi) is 7.90. The van der Waals surface area contributed by atoms with Gasteiger partial charge in [0, 0.05) is 23.6 Å². The molecule has 5 rings (SSSR count). The van der Waals surface area contributed by atoms with E-state index in [9.17, 15) is 14.4 Å². The number of carbonyl (C=O) groups excluding carboxylic acids is 2. The molecule has 41 heavy (non-hydrogen) atoms. The van der Waals surface area contributed by atoms with Crippen LogP contribution in [-0.2, 0) is 14.3 Å². The van der Waals surface area contributed by atoms with E-state index < -0.39 is 23.5 Å². The Morgan fingerprint density at radius 1 is 1.07 bits per heavy atom. The van der Waals surface area contributed by atoms with Gasteiger partial charge in [0.05, 0.1) is 41.1 Å². The number of thiazole rings is 1. The van der Waals surface area contributed by atoms with E-state index in [1.54, 1.807) is 61.5 Å². The van der Waals surface area contributed by atoms with Crippen molar-refractivity contribution in [1.82, 2.24) is 4.57 Å². The lowest BCUT2D eigenvalue weighted by Gasteiger charge is -2.25. The first-order valence-corrected chi connectivity index (χ1v) is 13.7. The van der Waals surface area contributed by atoms with E-state index in [1.165, 1.54) is 25.7 Å². The second-order valence-electron chi connectivity index (χ2n) is 8.90. The minimum atomic E-state index is -0.890. The molecular formula is C29H22Cl2N2O7S. The molecule has 0 aliphatic carbocycles. The number of fused-ring (bicyclic) bond motifs is 1. The maximum atomic E-state index is 13.8. The fraction of sp³-hybridized carbons (Fsp3) is 0.172. The summed E-state index contributed by atoms with van der Waals surface area (Å²) in [5, 5.41) is 0.973. The number of carbonyl (C=O) groups is 2. The topological polar surface area (TPSA) is 109 Å². The van der Waals surface area contributed by atoms with Crippen molar-refractivity contribution < 1.29 is 28.2 Å². The number of hydrogen-bond donors (Lipinski definition) is 0. The molecule has 1 unspecified atom stereocenters. The SMILES string of the molecule is COC(=O)C1=C(C)N=c2s/c(=C\c3ccc(-c4cc(Cl)ccc4Cl)o3)c(=O)n2C1c1ccc(OC(C)=O)c(OC)c1. The predicted molar refractivity (Wildman–Crippen MR) is 154 cm³/mol. The minimum Gasteiger partial charge on any atom is -0.493 e. The highest BCUT2D eigenvalue weighted by Crippen LogP contribution is 2.36. The Morgan fingerprint density at radius 3 is 2.56 bits per heavy atom. The summed E-state index contributed by atoms with van der Waals surface area (Å²) < 4.78 is 23.4. The second-order valence-corrected chi connectivity index (χ2v) is 10.8. The van der Waals surface area contributed by atoms with Crippen LogP contribution in [0, 0.1) is 0 Å². The third-order valence-electron chi connectivity index (χ3n) is 6.28. The number of benzene rings is 2. The molecule has 0 bridgehead atoms. The molecule has 0 spiro atoms. The molecule has 2 aromatic carbocycles. The molecule has 1 aliphatic rings. The highest BCUT2D eigenvalue weighted by atomic mass is 35.5. The standard InChI is InChI=1S/C29H22Cl2N2O7S/c1-14-25(28(36)38-4)26(16-5-9-22(39-15(2)34)23(11-16)37-3)33-27(35)24(41-29(33)32-14)13-18-7-10-21(40-18)19-12-17(30)6-8-20(19)31/h5-13,26H,1-4H3/b24-13-. The molecule has 2 aromatic heterocycles. The molecule has 210 valence electrons. The van der Waals surface area contributed by atoms with Crippen LogP contribution in [0.5, 0.6) is 11.5 Å². The van der Waals surface area contributed by atoms with Gasteiger partial charge in [-0.25, -0.2) is 9.79 Å². The lowest BCUT2D eigenvalue weighted by atomic mass is 9.95. The molecule has 3 heterocycles. The number of allylic oxidation sites excluding steroid dienone is 1. The Labute approximate surface area is 247 Å². The molecule has 1 atom stereocenters. The maximum Gasteiger partial charge on any atom is 0.338 e. The van der Waals surface area contributed by atoms with Gasteiger partial charge in [0.15, 0.2) is 16.3 Å². The van der Waals surface area contributed by atoms with Crippen molar-refractivity contribution in [3.8, 4) is 22.8 Å². The summed E-state index contributed by atoms with van der Waals surface area (Å²) in [6.45, 7) is 2.95. The van der Waals surface area contributed by atoms with Gasteiger partial charge >= 0.3 is 11.9 Å². The molecule has 1 aliphatic heterocycles. The quantitative estimate of drug-likeness (QED) is 0.225. The van der Waals surface area contributed by atoms with Crippen LogP contribution in [0.3, 0.4) is 0 Å². The maximum absolute atomic E-state index is 13.8. The number of methoxy groups -OCH3 is 2. The summed E-state index contributed by atoms with van der Waals surface area (Å²) in [5.74, 6) is 0.190. The van der Waals surface area contributed by atoms with E-state index in [0.29, 0.717) is 47.7 Å². The molecule has 4 aromatic rings. The number of aromatic nitrogens is 1. The van der Waals surface area contributed by atoms with Crippen molar-refractivity contribution in [2.24, 2.45) is 4.99 Å². The molecule has 0 saturated heterocycles. The fourth-order valence-corrected chi connectivity index (χ4v) is 5.90. The van der Waals surface area contributed by atoms with E-state index in [1.807, 2.05) is 0 Å². The zero-order valence-corrected chi connectivity index (χ0v) is 24.5. The average molecular weight is 613 g/mol. The zero-order chi connectivity index (χ0) is 29.4. The molecule has 0 saturated carbocycles. The normalized spacial score (nSPS) is 14.9. The molecule has 12 heteroatoms. The van der Waals surface area contributed by atoms with Crippen LogP contribution in [0.2, 0.25) is 10.0 Å². The molecular weight excluding hydrogens is 591 g/mol. The first-order valence-electron chi connectivity index (χ1n) is 12.1. The smallest absolute Gasteiger partial charge is 0.338 e. The van der Waals surface area contributed by atoms with E-state index in [-0.39, 0.29) is 17.1 Å². The summed E-state index contributed by atoms with van der Waals surface area (Å²) in [6.07, 6.45) is 1.60. The van der Waals surface area contributed by atoms with Crippen molar-refractivity contribution in [2.75, 3.05) is 14.2 Å². The largest absolute Gasteiger partial charge is 0.493 e. The average Bonchev–Trinajstić information content (AvgIpc) is 3.53. The van der Waals surface area contributed by atoms with Gasteiger partial charge in [-0.15, -0.1) is 0 Å². The molecule has 0 amide bonds. The van der Waals surface area contributed by atoms with Gasteiger partial charge in [0.25, 0.3) is 5.56 Å². The first-order chi connectivity index (χ1) is 19.6. The summed E-state index contributed by atoms with van der Waals surface area (Å²) in [6, 6.07) is 12.4. The minimum absolute atomic E-state index is 0.185. The number of esters is 2. The zero-order valence-electron chi connectivity index (χ0n) is 22.2. The van der Waals surface area contributed by atoms with Crippen LogP contribution >= 0.6 is 34.5 Å². The second kappa shape index (κ2) is 11.4. The van der Waals surface area contributed by atoms with Crippen molar-refractivity contribution in [1.29, 1.82) is 0 Å². The van der Waals surface area contributed by atoms with Crippen LogP contribution in [0.25, 0.3) is 17.4 Å². The summed E-state index contributed by atoms with van der Waals surface area (Å²) in [5.41, 5.74) is 1.33. The van der Waals surface area contributed by atoms with Gasteiger partial charge in [-0.1, -0.05) is 40.6 Å². The van der Waals surface area contributed by atoms with Crippen molar-refractivity contribution >= 4 is 52.6 Å². The summed E-state index contributed by atoms with van der Waals surface area (Å²) in [7, 11) is 2.68. The lowest BCUT2D eigenvalue weighted by molar-refractivity contribution is -0.136. The van der Waals surface area contributed by atoms with Gasteiger partial charge in [-0.05, 0) is 55.0 Å². The van der Waals surface area contributed by atoms with Gasteiger partial charge in [-0.2, -0.15) is 0 Å². The number of hydrogen-bond acceptors (Lipinski definition) is 9. The lowest BCUT2D eigenvalue weighted by Crippen LogP contribution is -2.39. The molecule has 0 N–H and O–H groups in total. The van der Waals surface area contributed by atoms with E-state index in [4.69, 9.17) is 41.8 Å². The first kappa shape index (κ1) is 28.4. The van der Waals surface area contributed by atoms with Crippen molar-refractivity contribution in [3.63, 3.8) is 0 Å². The number of nitrogens with zero attached hydrogens (tertiary/aromatic N) is 2. The van der Waals surface area contributed by atoms with Crippen LogP contribution in [0.1, 0.15) is 31.2 Å². The van der Waals surface area contributed by atoms with Crippen LogP contribution in [0.15, 0.2) is 74.0 Å². The van der Waals surface area contributed by atoms with Gasteiger partial charge in [0.1, 0.15) is 11.5 Å². The Bertz CT molecular complexity index is 1920. The summed E-state index contributed by atoms with van der Waals surface area (Å²) in [4.78, 5) is 43.2. The van der Waals surface area contributed by atoms with Crippen LogP contribution < -0.4 is 24.4 Å². The number of furan rings is 1. The fourth-order valence-electron chi connectivity index (χ4n) is 4.49. The number of ether oxygens (including phenoxy) is 3. The van der Waals surface area contributed by atoms with E-state index >= 15 is 0 Å². The molecule has 0 fully saturated rings. The van der Waals surface area contributed by atoms with Crippen molar-refractivity contribution in [2.45, 2.75) is 19.9 Å². The number of halogens is 2. The monoisotopic (exact) mass is 612 g/mol.